The number of fused-ring (bicyclic) bond motifs is 3. The van der Waals surface area contributed by atoms with E-state index in [1.54, 1.807) is 6.20 Å². The maximum atomic E-state index is 11.2. The van der Waals surface area contributed by atoms with E-state index >= 15 is 0 Å². The average Bonchev–Trinajstić information content (AvgIpc) is 2.67. The molecule has 1 aliphatic rings. The van der Waals surface area contributed by atoms with Crippen molar-refractivity contribution in [2.24, 2.45) is 5.73 Å². The van der Waals surface area contributed by atoms with Gasteiger partial charge in [-0.05, 0) is 40.8 Å². The van der Waals surface area contributed by atoms with Crippen molar-refractivity contribution in [2.75, 3.05) is 6.61 Å². The van der Waals surface area contributed by atoms with Crippen LogP contribution < -0.4 is 10.5 Å². The highest BCUT2D eigenvalue weighted by molar-refractivity contribution is 14.1. The van der Waals surface area contributed by atoms with Gasteiger partial charge in [0, 0.05) is 9.77 Å². The van der Waals surface area contributed by atoms with Gasteiger partial charge in [-0.25, -0.2) is 4.98 Å². The van der Waals surface area contributed by atoms with E-state index in [1.165, 1.54) is 0 Å². The minimum atomic E-state index is -0.511. The van der Waals surface area contributed by atoms with Crippen LogP contribution in [0.2, 0.25) is 0 Å². The van der Waals surface area contributed by atoms with Crippen molar-refractivity contribution >= 4 is 28.5 Å². The molecule has 0 saturated carbocycles. The molecule has 2 N–H and O–H groups in total. The Morgan fingerprint density at radius 3 is 3.11 bits per heavy atom. The predicted octanol–water partition coefficient (Wildman–Crippen LogP) is 1.65. The van der Waals surface area contributed by atoms with E-state index in [0.29, 0.717) is 13.2 Å². The molecule has 0 spiro atoms. The summed E-state index contributed by atoms with van der Waals surface area (Å²) in [6.07, 6.45) is 1.67. The number of halogens is 1. The van der Waals surface area contributed by atoms with Gasteiger partial charge in [0.15, 0.2) is 0 Å². The van der Waals surface area contributed by atoms with E-state index in [2.05, 4.69) is 27.6 Å². The van der Waals surface area contributed by atoms with Gasteiger partial charge in [0.1, 0.15) is 23.9 Å². The Hall–Kier alpha value is -1.57. The lowest BCUT2D eigenvalue weighted by Crippen LogP contribution is -2.11. The number of carbonyl (C=O) groups is 1. The molecule has 6 heteroatoms. The summed E-state index contributed by atoms with van der Waals surface area (Å²) < 4.78 is 8.69. The molecule has 0 saturated heterocycles. The summed E-state index contributed by atoms with van der Waals surface area (Å²) in [6.45, 7) is 1.20. The second kappa shape index (κ2) is 4.27. The van der Waals surface area contributed by atoms with E-state index in [-0.39, 0.29) is 5.69 Å². The summed E-state index contributed by atoms with van der Waals surface area (Å²) in [4.78, 5) is 15.5. The van der Waals surface area contributed by atoms with E-state index in [9.17, 15) is 4.79 Å². The van der Waals surface area contributed by atoms with Gasteiger partial charge >= 0.3 is 0 Å². The molecule has 0 atom stereocenters. The standard InChI is InChI=1S/C12H10IN3O2/c13-7-1-2-8-10(5-7)18-4-3-16-6-9(11(14)17)15-12(8)16/h1-2,5-6H,3-4H2,(H2,14,17). The van der Waals surface area contributed by atoms with Crippen molar-refractivity contribution in [3.63, 3.8) is 0 Å². The van der Waals surface area contributed by atoms with Gasteiger partial charge in [0.2, 0.25) is 0 Å². The largest absolute Gasteiger partial charge is 0.491 e. The van der Waals surface area contributed by atoms with Crippen molar-refractivity contribution < 1.29 is 9.53 Å². The van der Waals surface area contributed by atoms with Crippen molar-refractivity contribution in [1.29, 1.82) is 0 Å². The number of rotatable bonds is 1. The molecule has 0 bridgehead atoms. The molecule has 1 aromatic heterocycles. The van der Waals surface area contributed by atoms with Crippen LogP contribution in [0.1, 0.15) is 10.5 Å². The zero-order chi connectivity index (χ0) is 12.7. The minimum Gasteiger partial charge on any atom is -0.491 e. The molecule has 92 valence electrons. The van der Waals surface area contributed by atoms with Gasteiger partial charge in [-0.1, -0.05) is 0 Å². The number of amides is 1. The third kappa shape index (κ3) is 1.86. The molecule has 1 aliphatic heterocycles. The first-order valence-corrected chi connectivity index (χ1v) is 6.53. The Bertz CT molecular complexity index is 636. The van der Waals surface area contributed by atoms with Crippen LogP contribution in [0.15, 0.2) is 24.4 Å². The zero-order valence-corrected chi connectivity index (χ0v) is 11.5. The van der Waals surface area contributed by atoms with Crippen LogP contribution in [-0.2, 0) is 6.54 Å². The van der Waals surface area contributed by atoms with Crippen molar-refractivity contribution in [2.45, 2.75) is 6.54 Å². The first-order chi connectivity index (χ1) is 8.65. The van der Waals surface area contributed by atoms with Crippen LogP contribution in [-0.4, -0.2) is 22.1 Å². The lowest BCUT2D eigenvalue weighted by molar-refractivity contribution is 0.0996. The van der Waals surface area contributed by atoms with Gasteiger partial charge in [0.25, 0.3) is 5.91 Å². The van der Waals surface area contributed by atoms with Crippen LogP contribution >= 0.6 is 22.6 Å². The molecule has 0 unspecified atom stereocenters. The lowest BCUT2D eigenvalue weighted by atomic mass is 10.2. The molecule has 5 nitrogen and oxygen atoms in total. The highest BCUT2D eigenvalue weighted by atomic mass is 127. The highest BCUT2D eigenvalue weighted by Crippen LogP contribution is 2.33. The van der Waals surface area contributed by atoms with Crippen molar-refractivity contribution in [3.05, 3.63) is 33.7 Å². The normalized spacial score (nSPS) is 13.2. The first kappa shape index (κ1) is 11.5. The quantitative estimate of drug-likeness (QED) is 0.791. The number of hydrogen-bond acceptors (Lipinski definition) is 3. The number of aromatic nitrogens is 2. The summed E-state index contributed by atoms with van der Waals surface area (Å²) >= 11 is 2.23. The van der Waals surface area contributed by atoms with Crippen molar-refractivity contribution in [1.82, 2.24) is 9.55 Å². The minimum absolute atomic E-state index is 0.288. The maximum Gasteiger partial charge on any atom is 0.268 e. The number of primary amides is 1. The summed E-state index contributed by atoms with van der Waals surface area (Å²) in [5.41, 5.74) is 6.44. The summed E-state index contributed by atoms with van der Waals surface area (Å²) in [5.74, 6) is 1.01. The maximum absolute atomic E-state index is 11.2. The second-order valence-corrected chi connectivity index (χ2v) is 5.24. The van der Waals surface area contributed by atoms with E-state index in [0.717, 1.165) is 20.7 Å². The Morgan fingerprint density at radius 2 is 2.33 bits per heavy atom. The van der Waals surface area contributed by atoms with Crippen LogP contribution in [0, 0.1) is 3.57 Å². The smallest absolute Gasteiger partial charge is 0.268 e. The summed E-state index contributed by atoms with van der Waals surface area (Å²) in [7, 11) is 0. The van der Waals surface area contributed by atoms with E-state index < -0.39 is 5.91 Å². The number of nitrogens with zero attached hydrogens (tertiary/aromatic N) is 2. The SMILES string of the molecule is NC(=O)c1cn2c(n1)-c1ccc(I)cc1OCC2. The molecule has 18 heavy (non-hydrogen) atoms. The molecule has 0 fully saturated rings. The van der Waals surface area contributed by atoms with E-state index in [4.69, 9.17) is 10.5 Å². The topological polar surface area (TPSA) is 70.1 Å². The number of nitrogens with two attached hydrogens (primary N) is 1. The van der Waals surface area contributed by atoms with Gasteiger partial charge in [0.05, 0.1) is 12.1 Å². The highest BCUT2D eigenvalue weighted by Gasteiger charge is 2.19. The number of benzene rings is 1. The van der Waals surface area contributed by atoms with Crippen LogP contribution in [0.4, 0.5) is 0 Å². The molecular formula is C12H10IN3O2. The van der Waals surface area contributed by atoms with Crippen molar-refractivity contribution in [3.8, 4) is 17.1 Å². The number of imidazole rings is 1. The second-order valence-electron chi connectivity index (χ2n) is 4.00. The summed E-state index contributed by atoms with van der Waals surface area (Å²) in [6, 6.07) is 5.90. The van der Waals surface area contributed by atoms with Gasteiger partial charge in [-0.15, -0.1) is 0 Å². The molecule has 1 amide bonds. The Kier molecular flexibility index (Phi) is 2.73. The van der Waals surface area contributed by atoms with Crippen LogP contribution in [0.3, 0.4) is 0 Å². The fourth-order valence-corrected chi connectivity index (χ4v) is 2.44. The molecule has 0 radical (unpaired) electrons. The zero-order valence-electron chi connectivity index (χ0n) is 9.39. The first-order valence-electron chi connectivity index (χ1n) is 5.45. The monoisotopic (exact) mass is 355 g/mol. The predicted molar refractivity (Wildman–Crippen MR) is 74.4 cm³/mol. The van der Waals surface area contributed by atoms with E-state index in [1.807, 2.05) is 22.8 Å². The average molecular weight is 355 g/mol. The molecule has 1 aromatic carbocycles. The van der Waals surface area contributed by atoms with Gasteiger partial charge in [-0.2, -0.15) is 0 Å². The lowest BCUT2D eigenvalue weighted by Gasteiger charge is -2.06. The molecule has 3 rings (SSSR count). The Labute approximate surface area is 117 Å². The molecule has 0 aliphatic carbocycles. The third-order valence-corrected chi connectivity index (χ3v) is 3.47. The van der Waals surface area contributed by atoms with Crippen LogP contribution in [0.5, 0.6) is 5.75 Å². The number of ether oxygens (including phenoxy) is 1. The third-order valence-electron chi connectivity index (χ3n) is 2.80. The molecular weight excluding hydrogens is 345 g/mol. The summed E-state index contributed by atoms with van der Waals surface area (Å²) in [5, 5.41) is 0. The number of carbonyl (C=O) groups excluding carboxylic acids is 1. The Balaban J connectivity index is 2.20. The molecule has 2 heterocycles. The fraction of sp³-hybridized carbons (Fsp3) is 0.167. The fourth-order valence-electron chi connectivity index (χ4n) is 1.97. The van der Waals surface area contributed by atoms with Gasteiger partial charge in [-0.3, -0.25) is 4.79 Å². The van der Waals surface area contributed by atoms with Crippen LogP contribution in [0.25, 0.3) is 11.4 Å². The van der Waals surface area contributed by atoms with Gasteiger partial charge < -0.3 is 15.0 Å². The molecule has 2 aromatic rings. The Morgan fingerprint density at radius 1 is 1.50 bits per heavy atom. The number of hydrogen-bond donors (Lipinski definition) is 1.